The monoisotopic (exact) mass is 980 g/mol. The van der Waals surface area contributed by atoms with Crippen LogP contribution in [-0.2, 0) is 26.5 Å². The van der Waals surface area contributed by atoms with E-state index in [1.54, 1.807) is 12.3 Å². The molecule has 0 fully saturated rings. The Labute approximate surface area is 377 Å². The summed E-state index contributed by atoms with van der Waals surface area (Å²) < 4.78 is 47.1. The summed E-state index contributed by atoms with van der Waals surface area (Å²) in [5.41, 5.74) is 11.2. The SMILES string of the molecule is [2H]C([2H])([2H])c1c[c-]c(-c2ccc([Si](C)(C)C)cn2)cc1-c1ccccc1.[2H]C([2H])(c1ccc(-c2ccnc(-c3[c-]ccc4c3oc3cc(-c5ccccc5)ccc34)c2)cc1)C(C)(C)C.[Ir]. The maximum Gasteiger partial charge on any atom is 0.121 e. The van der Waals surface area contributed by atoms with Gasteiger partial charge in [0.25, 0.3) is 0 Å². The third kappa shape index (κ3) is 9.67. The van der Waals surface area contributed by atoms with Crippen molar-refractivity contribution in [1.29, 1.82) is 0 Å². The first-order chi connectivity index (χ1) is 30.4. The molecule has 3 nitrogen and oxygen atoms in total. The molecule has 0 unspecified atom stereocenters. The predicted molar refractivity (Wildman–Crippen MR) is 251 cm³/mol. The fourth-order valence-corrected chi connectivity index (χ4v) is 8.20. The molecule has 0 atom stereocenters. The molecule has 0 aliphatic rings. The second-order valence-corrected chi connectivity index (χ2v) is 22.0. The summed E-state index contributed by atoms with van der Waals surface area (Å²) in [5, 5.41) is 3.40. The van der Waals surface area contributed by atoms with E-state index in [0.717, 1.165) is 72.3 Å². The molecular formula is C55H50IrN2OSi-2. The molecule has 60 heavy (non-hydrogen) atoms. The summed E-state index contributed by atoms with van der Waals surface area (Å²) in [6.45, 7) is 10.4. The largest absolute Gasteiger partial charge is 0.501 e. The van der Waals surface area contributed by atoms with E-state index < -0.39 is 26.7 Å². The van der Waals surface area contributed by atoms with Gasteiger partial charge in [0.05, 0.1) is 13.7 Å². The first-order valence-corrected chi connectivity index (χ1v) is 23.5. The molecule has 9 aromatic rings. The molecule has 0 aliphatic carbocycles. The zero-order valence-corrected chi connectivity index (χ0v) is 38.1. The number of hydrogen-bond donors (Lipinski definition) is 0. The Morgan fingerprint density at radius 3 is 2.02 bits per heavy atom. The molecule has 0 saturated carbocycles. The van der Waals surface area contributed by atoms with Crippen LogP contribution in [0.4, 0.5) is 0 Å². The molecule has 0 amide bonds. The van der Waals surface area contributed by atoms with Gasteiger partial charge >= 0.3 is 0 Å². The average Bonchev–Trinajstić information content (AvgIpc) is 3.67. The first-order valence-electron chi connectivity index (χ1n) is 22.5. The van der Waals surface area contributed by atoms with E-state index >= 15 is 0 Å². The minimum Gasteiger partial charge on any atom is -0.501 e. The van der Waals surface area contributed by atoms with E-state index in [9.17, 15) is 0 Å². The van der Waals surface area contributed by atoms with Gasteiger partial charge in [0.2, 0.25) is 0 Å². The van der Waals surface area contributed by atoms with E-state index in [2.05, 4.69) is 78.1 Å². The first kappa shape index (κ1) is 36.2. The van der Waals surface area contributed by atoms with Crippen molar-refractivity contribution in [3.8, 4) is 55.9 Å². The summed E-state index contributed by atoms with van der Waals surface area (Å²) >= 11 is 0. The van der Waals surface area contributed by atoms with Crippen molar-refractivity contribution in [3.05, 3.63) is 187 Å². The number of hydrogen-bond acceptors (Lipinski definition) is 3. The topological polar surface area (TPSA) is 38.9 Å². The fraction of sp³-hybridized carbons (Fsp3) is 0.164. The molecule has 9 rings (SSSR count). The molecule has 0 spiro atoms. The molecule has 0 N–H and O–H groups in total. The minimum atomic E-state index is -2.19. The van der Waals surface area contributed by atoms with Gasteiger partial charge in [-0.25, -0.2) is 0 Å². The maximum absolute atomic E-state index is 8.57. The van der Waals surface area contributed by atoms with Gasteiger partial charge in [0.1, 0.15) is 5.58 Å². The van der Waals surface area contributed by atoms with Crippen molar-refractivity contribution in [1.82, 2.24) is 9.97 Å². The van der Waals surface area contributed by atoms with E-state index in [1.807, 2.05) is 136 Å². The summed E-state index contributed by atoms with van der Waals surface area (Å²) in [7, 11) is -1.40. The number of nitrogens with zero attached hydrogens (tertiary/aromatic N) is 2. The molecule has 3 heterocycles. The molecule has 301 valence electrons. The van der Waals surface area contributed by atoms with Crippen LogP contribution in [0.25, 0.3) is 77.8 Å². The van der Waals surface area contributed by atoms with Gasteiger partial charge < -0.3 is 14.4 Å². The van der Waals surface area contributed by atoms with E-state index in [-0.39, 0.29) is 20.1 Å². The van der Waals surface area contributed by atoms with E-state index in [1.165, 1.54) is 5.19 Å². The minimum absolute atomic E-state index is 0. The zero-order chi connectivity index (χ0) is 45.4. The molecular weight excluding hydrogens is 925 g/mol. The van der Waals surface area contributed by atoms with Crippen molar-refractivity contribution in [3.63, 3.8) is 0 Å². The van der Waals surface area contributed by atoms with Gasteiger partial charge in [-0.2, -0.15) is 0 Å². The third-order valence-corrected chi connectivity index (χ3v) is 12.3. The summed E-state index contributed by atoms with van der Waals surface area (Å²) in [6, 6.07) is 56.0. The van der Waals surface area contributed by atoms with Crippen molar-refractivity contribution in [2.24, 2.45) is 5.41 Å². The van der Waals surface area contributed by atoms with Crippen molar-refractivity contribution < 1.29 is 31.4 Å². The standard InChI is InChI=1S/C34H28NO.C21H22NSi.Ir/c1-34(2,3)22-23-12-14-25(15-13-23)27-18-19-35-31(20-27)30-11-7-10-29-28-17-16-26(21-32(28)36-33(29)30)24-8-5-4-6-9-24;1-16-10-11-18(14-20(16)17-8-6-5-7-9-17)21-13-12-19(15-22-21)23(2,3)4;/h4-10,12-21H,22H2,1-3H3;5-10,12-15H,1-4H3;/q2*-1;/i22D2;1D3;. The average molecular weight is 980 g/mol. The maximum atomic E-state index is 8.57. The molecule has 0 aliphatic heterocycles. The summed E-state index contributed by atoms with van der Waals surface area (Å²) in [6.07, 6.45) is 2.31. The van der Waals surface area contributed by atoms with Crippen LogP contribution in [0.5, 0.6) is 0 Å². The number of furan rings is 1. The number of fused-ring (bicyclic) bond motifs is 3. The second-order valence-electron chi connectivity index (χ2n) is 16.9. The molecule has 1 radical (unpaired) electrons. The van der Waals surface area contributed by atoms with Crippen LogP contribution in [-0.4, -0.2) is 18.0 Å². The van der Waals surface area contributed by atoms with E-state index in [4.69, 9.17) is 11.3 Å². The Kier molecular flexibility index (Phi) is 10.8. The van der Waals surface area contributed by atoms with Crippen molar-refractivity contribution >= 4 is 35.2 Å². The quantitative estimate of drug-likeness (QED) is 0.118. The van der Waals surface area contributed by atoms with Crippen LogP contribution in [0.1, 0.15) is 38.8 Å². The Balaban J connectivity index is 0.000000205. The Morgan fingerprint density at radius 1 is 0.667 bits per heavy atom. The van der Waals surface area contributed by atoms with Crippen LogP contribution in [0.3, 0.4) is 0 Å². The Hall–Kier alpha value is -5.71. The third-order valence-electron chi connectivity index (χ3n) is 10.2. The Bertz CT molecular complexity index is 3070. The second kappa shape index (κ2) is 17.9. The van der Waals surface area contributed by atoms with Crippen LogP contribution in [0.2, 0.25) is 19.6 Å². The number of pyridine rings is 2. The predicted octanol–water partition coefficient (Wildman–Crippen LogP) is 14.4. The zero-order valence-electron chi connectivity index (χ0n) is 39.7. The van der Waals surface area contributed by atoms with Crippen LogP contribution in [0.15, 0.2) is 168 Å². The number of aryl methyl sites for hydroxylation is 1. The summed E-state index contributed by atoms with van der Waals surface area (Å²) in [4.78, 5) is 9.26. The molecule has 5 heteroatoms. The van der Waals surface area contributed by atoms with Crippen LogP contribution in [0, 0.1) is 24.4 Å². The fourth-order valence-electron chi connectivity index (χ4n) is 7.16. The van der Waals surface area contributed by atoms with Gasteiger partial charge in [-0.3, -0.25) is 0 Å². The van der Waals surface area contributed by atoms with Crippen molar-refractivity contribution in [2.45, 2.75) is 53.6 Å². The van der Waals surface area contributed by atoms with Gasteiger partial charge in [0, 0.05) is 44.7 Å². The van der Waals surface area contributed by atoms with Gasteiger partial charge in [-0.05, 0) is 73.9 Å². The van der Waals surface area contributed by atoms with Gasteiger partial charge in [-0.1, -0.05) is 179 Å². The van der Waals surface area contributed by atoms with Crippen molar-refractivity contribution in [2.75, 3.05) is 0 Å². The number of benzene rings is 6. The molecule has 3 aromatic heterocycles. The Morgan fingerprint density at radius 2 is 1.35 bits per heavy atom. The van der Waals surface area contributed by atoms with Crippen LogP contribution >= 0.6 is 0 Å². The molecule has 0 saturated heterocycles. The van der Waals surface area contributed by atoms with Gasteiger partial charge in [-0.15, -0.1) is 47.5 Å². The molecule has 0 bridgehead atoms. The molecule has 6 aromatic carbocycles. The number of aromatic nitrogens is 2. The normalized spacial score (nSPS) is 13.2. The van der Waals surface area contributed by atoms with E-state index in [0.29, 0.717) is 16.7 Å². The van der Waals surface area contributed by atoms with Gasteiger partial charge in [0.15, 0.2) is 0 Å². The smallest absolute Gasteiger partial charge is 0.121 e. The summed E-state index contributed by atoms with van der Waals surface area (Å²) in [5.74, 6) is 0. The van der Waals surface area contributed by atoms with Crippen LogP contribution < -0.4 is 5.19 Å². The number of rotatable bonds is 7.